The maximum atomic E-state index is 2.55. The number of aryl methyl sites for hydroxylation is 2. The number of rotatable bonds is 8. The van der Waals surface area contributed by atoms with Gasteiger partial charge in [-0.1, -0.05) is 170 Å². The topological polar surface area (TPSA) is 15.3 Å². The van der Waals surface area contributed by atoms with Gasteiger partial charge < -0.3 is 18.6 Å². The van der Waals surface area contributed by atoms with Crippen LogP contribution in [0.1, 0.15) is 11.1 Å². The Morgan fingerprint density at radius 3 is 1.07 bits per heavy atom. The minimum Gasteiger partial charge on any atom is -0.309 e. The molecule has 15 rings (SSSR count). The van der Waals surface area contributed by atoms with Gasteiger partial charge in [0.15, 0.2) is 0 Å². The van der Waals surface area contributed by atoms with E-state index in [1.807, 2.05) is 0 Å². The highest BCUT2D eigenvalue weighted by Gasteiger charge is 2.29. The lowest BCUT2D eigenvalue weighted by molar-refractivity contribution is 1.28. The van der Waals surface area contributed by atoms with E-state index in [-0.39, 0.29) is 0 Å². The van der Waals surface area contributed by atoms with Crippen molar-refractivity contribution in [2.45, 2.75) is 13.8 Å². The highest BCUT2D eigenvalue weighted by atomic mass is 15.2. The Bertz CT molecular complexity index is 4280. The van der Waals surface area contributed by atoms with Crippen LogP contribution in [0.2, 0.25) is 0 Å². The number of anilines is 6. The van der Waals surface area contributed by atoms with Crippen LogP contribution in [0.4, 0.5) is 34.1 Å². The zero-order valence-corrected chi connectivity index (χ0v) is 39.9. The minimum absolute atomic E-state index is 1.12. The molecular formula is C68H46N4. The van der Waals surface area contributed by atoms with E-state index in [0.717, 1.165) is 34.1 Å². The molecule has 0 aliphatic carbocycles. The number of para-hydroxylation sites is 4. The molecule has 0 atom stereocenters. The van der Waals surface area contributed by atoms with Crippen molar-refractivity contribution in [3.8, 4) is 22.3 Å². The molecule has 4 aromatic heterocycles. The summed E-state index contributed by atoms with van der Waals surface area (Å²) in [5, 5.41) is 9.95. The van der Waals surface area contributed by atoms with Crippen molar-refractivity contribution in [2.75, 3.05) is 9.80 Å². The van der Waals surface area contributed by atoms with Gasteiger partial charge in [-0.2, -0.15) is 0 Å². The van der Waals surface area contributed by atoms with E-state index in [4.69, 9.17) is 0 Å². The molecule has 0 amide bonds. The second-order valence-electron chi connectivity index (χ2n) is 19.3. The fourth-order valence-electron chi connectivity index (χ4n) is 12.5. The lowest BCUT2D eigenvalue weighted by Gasteiger charge is -2.29. The molecule has 0 unspecified atom stereocenters. The Balaban J connectivity index is 1.02. The van der Waals surface area contributed by atoms with Crippen LogP contribution in [0.25, 0.3) is 98.4 Å². The number of fused-ring (bicyclic) bond motifs is 12. The highest BCUT2D eigenvalue weighted by molar-refractivity contribution is 6.32. The smallest absolute Gasteiger partial charge is 0.0641 e. The van der Waals surface area contributed by atoms with Crippen LogP contribution in [0.5, 0.6) is 0 Å². The van der Waals surface area contributed by atoms with Crippen LogP contribution >= 0.6 is 0 Å². The Morgan fingerprint density at radius 2 is 0.653 bits per heavy atom. The van der Waals surface area contributed by atoms with Gasteiger partial charge >= 0.3 is 0 Å². The highest BCUT2D eigenvalue weighted by Crippen LogP contribution is 2.53. The first-order valence-electron chi connectivity index (χ1n) is 24.9. The third-order valence-corrected chi connectivity index (χ3v) is 15.4. The summed E-state index contributed by atoms with van der Waals surface area (Å²) >= 11 is 0. The molecule has 0 fully saturated rings. The van der Waals surface area contributed by atoms with Crippen LogP contribution in [-0.4, -0.2) is 8.80 Å². The summed E-state index contributed by atoms with van der Waals surface area (Å²) in [7, 11) is 0. The molecule has 11 aromatic carbocycles. The van der Waals surface area contributed by atoms with Gasteiger partial charge in [-0.05, 0) is 109 Å². The van der Waals surface area contributed by atoms with Crippen molar-refractivity contribution in [3.05, 3.63) is 254 Å². The van der Waals surface area contributed by atoms with E-state index in [9.17, 15) is 0 Å². The van der Waals surface area contributed by atoms with Gasteiger partial charge in [-0.25, -0.2) is 0 Å². The molecular weight excluding hydrogens is 873 g/mol. The molecule has 0 spiro atoms. The average Bonchev–Trinajstić information content (AvgIpc) is 4.17. The van der Waals surface area contributed by atoms with Gasteiger partial charge in [0, 0.05) is 65.6 Å². The SMILES string of the molecule is Cc1cccc(N(c2ccccc2)c2ccc3c4cc5c(cc4n4c6ccccc6c2c34)c2ccc(N(c3ccccc3)c3cccc(C)c3-c3ccccc3)c3c4ccccc4n5c23)c1-c1ccccc1. The Morgan fingerprint density at radius 1 is 0.278 bits per heavy atom. The van der Waals surface area contributed by atoms with Crippen molar-refractivity contribution >= 4 is 110 Å². The zero-order valence-electron chi connectivity index (χ0n) is 39.9. The molecule has 338 valence electrons. The number of hydrogen-bond acceptors (Lipinski definition) is 2. The molecule has 4 heterocycles. The molecule has 0 bridgehead atoms. The zero-order chi connectivity index (χ0) is 47.6. The summed E-state index contributed by atoms with van der Waals surface area (Å²) in [4.78, 5) is 4.98. The Hall–Kier alpha value is -9.38. The predicted octanol–water partition coefficient (Wildman–Crippen LogP) is 18.9. The summed E-state index contributed by atoms with van der Waals surface area (Å²) in [5.41, 5.74) is 21.5. The first-order valence-corrected chi connectivity index (χ1v) is 24.9. The van der Waals surface area contributed by atoms with Crippen LogP contribution in [0, 0.1) is 13.8 Å². The van der Waals surface area contributed by atoms with Gasteiger partial charge in [0.05, 0.1) is 55.8 Å². The lowest BCUT2D eigenvalue weighted by Crippen LogP contribution is -2.12. The maximum Gasteiger partial charge on any atom is 0.0641 e. The number of hydrogen-bond donors (Lipinski definition) is 0. The standard InChI is InChI=1S/C68H46N4/c1-43-21-19-35-57(63(43)45-23-7-3-8-24-45)69(47-27-11-5-12-28-47)59-39-37-49-53-41-62-54(42-61(53)71-55-33-17-15-31-51(55)65(59)67(49)71)50-38-40-60(66-52-32-16-18-34-56(52)72(62)68(50)66)70(48-29-13-6-14-30-48)58-36-20-22-44(2)64(58)46-25-9-4-10-26-46/h3-42H,1-2H3. The van der Waals surface area contributed by atoms with E-state index in [0.29, 0.717) is 0 Å². The fourth-order valence-corrected chi connectivity index (χ4v) is 12.5. The first-order chi connectivity index (χ1) is 35.6. The third-order valence-electron chi connectivity index (χ3n) is 15.4. The van der Waals surface area contributed by atoms with Crippen molar-refractivity contribution in [2.24, 2.45) is 0 Å². The third kappa shape index (κ3) is 5.69. The monoisotopic (exact) mass is 918 g/mol. The lowest BCUT2D eigenvalue weighted by atomic mass is 9.96. The van der Waals surface area contributed by atoms with Crippen LogP contribution in [0.3, 0.4) is 0 Å². The van der Waals surface area contributed by atoms with Gasteiger partial charge in [0.25, 0.3) is 0 Å². The quantitative estimate of drug-likeness (QED) is 0.151. The molecule has 72 heavy (non-hydrogen) atoms. The van der Waals surface area contributed by atoms with E-state index >= 15 is 0 Å². The normalized spacial score (nSPS) is 12.0. The second kappa shape index (κ2) is 15.6. The van der Waals surface area contributed by atoms with Gasteiger partial charge in [0.1, 0.15) is 0 Å². The van der Waals surface area contributed by atoms with E-state index < -0.39 is 0 Å². The summed E-state index contributed by atoms with van der Waals surface area (Å²) in [6.07, 6.45) is 0. The van der Waals surface area contributed by atoms with E-state index in [1.54, 1.807) is 0 Å². The fraction of sp³-hybridized carbons (Fsp3) is 0.0294. The molecule has 0 N–H and O–H groups in total. The summed E-state index contributed by atoms with van der Waals surface area (Å²) in [6, 6.07) is 89.4. The van der Waals surface area contributed by atoms with Gasteiger partial charge in [-0.3, -0.25) is 0 Å². The molecule has 0 saturated carbocycles. The molecule has 0 aliphatic rings. The van der Waals surface area contributed by atoms with Crippen LogP contribution in [-0.2, 0) is 0 Å². The van der Waals surface area contributed by atoms with Crippen molar-refractivity contribution in [1.29, 1.82) is 0 Å². The van der Waals surface area contributed by atoms with Gasteiger partial charge in [0.2, 0.25) is 0 Å². The number of nitrogens with zero attached hydrogens (tertiary/aromatic N) is 4. The van der Waals surface area contributed by atoms with Crippen molar-refractivity contribution in [1.82, 2.24) is 8.80 Å². The van der Waals surface area contributed by atoms with Crippen LogP contribution in [0.15, 0.2) is 243 Å². The summed E-state index contributed by atoms with van der Waals surface area (Å²) in [5.74, 6) is 0. The summed E-state index contributed by atoms with van der Waals surface area (Å²) in [6.45, 7) is 4.46. The molecule has 15 aromatic rings. The van der Waals surface area contributed by atoms with Crippen molar-refractivity contribution in [3.63, 3.8) is 0 Å². The van der Waals surface area contributed by atoms with Gasteiger partial charge in [-0.15, -0.1) is 0 Å². The van der Waals surface area contributed by atoms with E-state index in [2.05, 4.69) is 275 Å². The molecule has 4 heteroatoms. The number of aromatic nitrogens is 2. The van der Waals surface area contributed by atoms with E-state index in [1.165, 1.54) is 110 Å². The number of benzene rings is 11. The molecule has 0 saturated heterocycles. The largest absolute Gasteiger partial charge is 0.309 e. The minimum atomic E-state index is 1.12. The van der Waals surface area contributed by atoms with Crippen molar-refractivity contribution < 1.29 is 0 Å². The maximum absolute atomic E-state index is 2.55. The Kier molecular flexibility index (Phi) is 8.75. The predicted molar refractivity (Wildman–Crippen MR) is 305 cm³/mol. The molecule has 0 aliphatic heterocycles. The molecule has 0 radical (unpaired) electrons. The first kappa shape index (κ1) is 40.5. The molecule has 4 nitrogen and oxygen atoms in total. The average molecular weight is 919 g/mol. The second-order valence-corrected chi connectivity index (χ2v) is 19.3. The van der Waals surface area contributed by atoms with Crippen LogP contribution < -0.4 is 9.80 Å². The Labute approximate surface area is 416 Å². The summed E-state index contributed by atoms with van der Waals surface area (Å²) < 4.78 is 5.10.